The van der Waals surface area contributed by atoms with Gasteiger partial charge in [0.05, 0.1) is 12.2 Å². The van der Waals surface area contributed by atoms with Crippen molar-refractivity contribution in [2.75, 3.05) is 18.0 Å². The minimum Gasteiger partial charge on any atom is -0.371 e. The molecular formula is C17H18N4O. The predicted molar refractivity (Wildman–Crippen MR) is 86.1 cm³/mol. The second-order valence-corrected chi connectivity index (χ2v) is 5.65. The average molecular weight is 294 g/mol. The molecule has 5 nitrogen and oxygen atoms in total. The van der Waals surface area contributed by atoms with Crippen molar-refractivity contribution in [3.63, 3.8) is 0 Å². The van der Waals surface area contributed by atoms with E-state index in [-0.39, 0.29) is 5.91 Å². The smallest absolute Gasteiger partial charge is 0.233 e. The number of rotatable bonds is 1. The Hall–Kier alpha value is -2.56. The predicted octanol–water partition coefficient (Wildman–Crippen LogP) is 2.20. The van der Waals surface area contributed by atoms with Gasteiger partial charge in [-0.2, -0.15) is 0 Å². The topological polar surface area (TPSA) is 47.9 Å². The Bertz CT molecular complexity index is 690. The number of fused-ring (bicyclic) bond motifs is 1. The number of carbonyl (C=O) groups excluding carboxylic acids is 1. The average Bonchev–Trinajstić information content (AvgIpc) is 2.75. The summed E-state index contributed by atoms with van der Waals surface area (Å²) in [7, 11) is 0. The first kappa shape index (κ1) is 13.1. The molecule has 0 radical (unpaired) electrons. The maximum atomic E-state index is 12.4. The number of guanidine groups is 1. The number of para-hydroxylation sites is 1. The number of hydrogen-bond donors (Lipinski definition) is 1. The van der Waals surface area contributed by atoms with Crippen LogP contribution in [0.3, 0.4) is 0 Å². The van der Waals surface area contributed by atoms with Gasteiger partial charge >= 0.3 is 0 Å². The fraction of sp³-hybridized carbons (Fsp3) is 0.294. The van der Waals surface area contributed by atoms with E-state index in [0.29, 0.717) is 18.9 Å². The summed E-state index contributed by atoms with van der Waals surface area (Å²) in [5.74, 6) is 1.89. The Kier molecular flexibility index (Phi) is 3.18. The third kappa shape index (κ3) is 2.09. The van der Waals surface area contributed by atoms with Crippen LogP contribution in [0.15, 0.2) is 59.0 Å². The van der Waals surface area contributed by atoms with Gasteiger partial charge in [-0.25, -0.2) is 4.99 Å². The second-order valence-electron chi connectivity index (χ2n) is 5.65. The van der Waals surface area contributed by atoms with Crippen molar-refractivity contribution < 1.29 is 4.79 Å². The minimum atomic E-state index is 0.102. The zero-order valence-electron chi connectivity index (χ0n) is 12.3. The van der Waals surface area contributed by atoms with E-state index in [4.69, 9.17) is 0 Å². The Morgan fingerprint density at radius 1 is 1.18 bits per heavy atom. The first-order chi connectivity index (χ1) is 10.8. The van der Waals surface area contributed by atoms with E-state index in [1.54, 1.807) is 11.1 Å². The minimum absolute atomic E-state index is 0.102. The molecule has 0 spiro atoms. The molecule has 1 amide bonds. The molecule has 0 fully saturated rings. The molecule has 4 rings (SSSR count). The maximum Gasteiger partial charge on any atom is 0.233 e. The normalized spacial score (nSPS) is 20.9. The van der Waals surface area contributed by atoms with Crippen LogP contribution >= 0.6 is 0 Å². The third-order valence-corrected chi connectivity index (χ3v) is 4.20. The first-order valence-corrected chi connectivity index (χ1v) is 7.69. The second kappa shape index (κ2) is 5.33. The molecule has 112 valence electrons. The van der Waals surface area contributed by atoms with Crippen LogP contribution in [0.5, 0.6) is 0 Å². The van der Waals surface area contributed by atoms with Crippen molar-refractivity contribution in [1.82, 2.24) is 10.2 Å². The van der Waals surface area contributed by atoms with E-state index in [1.807, 2.05) is 36.4 Å². The summed E-state index contributed by atoms with van der Waals surface area (Å²) in [5.41, 5.74) is 2.31. The molecule has 3 heterocycles. The molecule has 0 atom stereocenters. The summed E-state index contributed by atoms with van der Waals surface area (Å²) in [5, 5.41) is 3.50. The highest BCUT2D eigenvalue weighted by molar-refractivity contribution is 6.09. The molecule has 3 aliphatic heterocycles. The first-order valence-electron chi connectivity index (χ1n) is 7.69. The molecule has 1 aromatic rings. The highest BCUT2D eigenvalue weighted by atomic mass is 16.2. The zero-order chi connectivity index (χ0) is 14.9. The summed E-state index contributed by atoms with van der Waals surface area (Å²) in [4.78, 5) is 20.8. The Morgan fingerprint density at radius 3 is 2.91 bits per heavy atom. The van der Waals surface area contributed by atoms with Crippen molar-refractivity contribution in [3.05, 3.63) is 54.0 Å². The summed E-state index contributed by atoms with van der Waals surface area (Å²) < 4.78 is 0. The van der Waals surface area contributed by atoms with E-state index < -0.39 is 0 Å². The number of anilines is 1. The molecule has 0 bridgehead atoms. The van der Waals surface area contributed by atoms with E-state index >= 15 is 0 Å². The largest absolute Gasteiger partial charge is 0.371 e. The van der Waals surface area contributed by atoms with Crippen LogP contribution in [0.4, 0.5) is 5.69 Å². The van der Waals surface area contributed by atoms with Gasteiger partial charge in [0.2, 0.25) is 11.9 Å². The number of carbonyl (C=O) groups is 1. The standard InChI is InChI=1S/C17H18N4O/c22-15-9-5-11-19-17-20(15)12-13-6-4-10-18-16(13)21(17)14-7-2-1-3-8-14/h1-3,5,7-8,11,18H,4,6,9-10,12H2. The fourth-order valence-corrected chi connectivity index (χ4v) is 3.16. The van der Waals surface area contributed by atoms with Gasteiger partial charge in [-0.1, -0.05) is 24.3 Å². The Labute approximate surface area is 129 Å². The van der Waals surface area contributed by atoms with Crippen molar-refractivity contribution >= 4 is 17.6 Å². The molecular weight excluding hydrogens is 276 g/mol. The van der Waals surface area contributed by atoms with Gasteiger partial charge in [-0.3, -0.25) is 14.6 Å². The lowest BCUT2D eigenvalue weighted by atomic mass is 10.0. The van der Waals surface area contributed by atoms with Crippen molar-refractivity contribution in [3.8, 4) is 0 Å². The monoisotopic (exact) mass is 294 g/mol. The highest BCUT2D eigenvalue weighted by Crippen LogP contribution is 2.31. The van der Waals surface area contributed by atoms with E-state index in [9.17, 15) is 4.79 Å². The van der Waals surface area contributed by atoms with Gasteiger partial charge in [0.25, 0.3) is 0 Å². The lowest BCUT2D eigenvalue weighted by Crippen LogP contribution is -2.55. The number of nitrogens with one attached hydrogen (secondary N) is 1. The Morgan fingerprint density at radius 2 is 2.05 bits per heavy atom. The van der Waals surface area contributed by atoms with E-state index in [2.05, 4.69) is 15.2 Å². The number of hydrogen-bond acceptors (Lipinski definition) is 4. The van der Waals surface area contributed by atoms with Crippen LogP contribution in [0, 0.1) is 0 Å². The molecule has 1 aromatic carbocycles. The third-order valence-electron chi connectivity index (χ3n) is 4.20. The molecule has 0 aliphatic carbocycles. The van der Waals surface area contributed by atoms with Crippen molar-refractivity contribution in [2.45, 2.75) is 19.3 Å². The van der Waals surface area contributed by atoms with Gasteiger partial charge in [0.1, 0.15) is 5.82 Å². The van der Waals surface area contributed by atoms with Crippen LogP contribution < -0.4 is 10.2 Å². The quantitative estimate of drug-likeness (QED) is 0.864. The molecule has 5 heteroatoms. The maximum absolute atomic E-state index is 12.4. The number of aliphatic imine (C=N–C) groups is 1. The van der Waals surface area contributed by atoms with E-state index in [0.717, 1.165) is 30.9 Å². The van der Waals surface area contributed by atoms with Gasteiger partial charge in [0.15, 0.2) is 0 Å². The van der Waals surface area contributed by atoms with Crippen LogP contribution in [0.2, 0.25) is 0 Å². The van der Waals surface area contributed by atoms with Gasteiger partial charge in [-0.15, -0.1) is 0 Å². The molecule has 0 saturated heterocycles. The number of benzene rings is 1. The number of nitrogens with zero attached hydrogens (tertiary/aromatic N) is 3. The lowest BCUT2D eigenvalue weighted by molar-refractivity contribution is -0.126. The molecule has 0 unspecified atom stereocenters. The summed E-state index contributed by atoms with van der Waals surface area (Å²) in [6.45, 7) is 1.60. The van der Waals surface area contributed by atoms with Gasteiger partial charge < -0.3 is 5.32 Å². The van der Waals surface area contributed by atoms with Crippen molar-refractivity contribution in [1.29, 1.82) is 0 Å². The molecule has 1 N–H and O–H groups in total. The van der Waals surface area contributed by atoms with Crippen LogP contribution in [-0.4, -0.2) is 29.9 Å². The van der Waals surface area contributed by atoms with Gasteiger partial charge in [-0.05, 0) is 30.5 Å². The van der Waals surface area contributed by atoms with Crippen LogP contribution in [0.1, 0.15) is 19.3 Å². The fourth-order valence-electron chi connectivity index (χ4n) is 3.16. The molecule has 0 saturated carbocycles. The highest BCUT2D eigenvalue weighted by Gasteiger charge is 2.36. The van der Waals surface area contributed by atoms with Crippen LogP contribution in [-0.2, 0) is 4.79 Å². The van der Waals surface area contributed by atoms with Crippen LogP contribution in [0.25, 0.3) is 0 Å². The van der Waals surface area contributed by atoms with Crippen molar-refractivity contribution in [2.24, 2.45) is 4.99 Å². The lowest BCUT2D eigenvalue weighted by Gasteiger charge is -2.42. The number of amides is 1. The zero-order valence-corrected chi connectivity index (χ0v) is 12.3. The summed E-state index contributed by atoms with van der Waals surface area (Å²) in [6.07, 6.45) is 6.09. The molecule has 3 aliphatic rings. The molecule has 22 heavy (non-hydrogen) atoms. The van der Waals surface area contributed by atoms with E-state index in [1.165, 1.54) is 5.57 Å². The molecule has 0 aromatic heterocycles. The SMILES string of the molecule is O=C1CC=CN=C2N1CC1=C(NCCC1)N2c1ccccc1. The Balaban J connectivity index is 1.87. The van der Waals surface area contributed by atoms with Gasteiger partial charge in [0, 0.05) is 19.2 Å². The summed E-state index contributed by atoms with van der Waals surface area (Å²) >= 11 is 0. The summed E-state index contributed by atoms with van der Waals surface area (Å²) in [6, 6.07) is 10.1.